The number of benzene rings is 3. The van der Waals surface area contributed by atoms with Crippen LogP contribution in [0.1, 0.15) is 63.6 Å². The number of aliphatic hydroxyl groups is 1. The lowest BCUT2D eigenvalue weighted by atomic mass is 9.92. The summed E-state index contributed by atoms with van der Waals surface area (Å²) >= 11 is 0. The minimum atomic E-state index is -1.60. The Kier molecular flexibility index (Phi) is 20.9. The number of H-pyrrole nitrogens is 2. The molecule has 1 aliphatic heterocycles. The Balaban J connectivity index is 1.41. The minimum Gasteiger partial charge on any atom is -0.508 e. The number of amides is 8. The fourth-order valence-electron chi connectivity index (χ4n) is 8.79. The lowest BCUT2D eigenvalue weighted by Crippen LogP contribution is -2.62. The first kappa shape index (κ1) is 59.1. The van der Waals surface area contributed by atoms with Crippen LogP contribution in [0.4, 0.5) is 0 Å². The van der Waals surface area contributed by atoms with E-state index in [4.69, 9.17) is 17.2 Å². The maximum Gasteiger partial charge on any atom is 0.244 e. The van der Waals surface area contributed by atoms with Gasteiger partial charge in [-0.2, -0.15) is 0 Å². The molecule has 22 nitrogen and oxygen atoms in total. The van der Waals surface area contributed by atoms with E-state index in [1.807, 2.05) is 48.5 Å². The highest BCUT2D eigenvalue weighted by molar-refractivity contribution is 8.76. The summed E-state index contributed by atoms with van der Waals surface area (Å²) in [6.07, 6.45) is 2.73. The molecule has 0 saturated carbocycles. The molecule has 24 heteroatoms. The Labute approximate surface area is 453 Å². The van der Waals surface area contributed by atoms with E-state index in [0.717, 1.165) is 49.0 Å². The first-order valence-electron chi connectivity index (χ1n) is 25.4. The second kappa shape index (κ2) is 27.3. The van der Waals surface area contributed by atoms with Crippen LogP contribution in [0.3, 0.4) is 0 Å². The van der Waals surface area contributed by atoms with Gasteiger partial charge in [0.1, 0.15) is 48.0 Å². The number of aromatic nitrogens is 2. The van der Waals surface area contributed by atoms with Crippen molar-refractivity contribution in [3.8, 4) is 5.75 Å². The lowest BCUT2D eigenvalue weighted by molar-refractivity contribution is -0.136. The Morgan fingerprint density at radius 1 is 0.714 bits per heavy atom. The van der Waals surface area contributed by atoms with E-state index < -0.39 is 107 Å². The smallest absolute Gasteiger partial charge is 0.244 e. The van der Waals surface area contributed by atoms with E-state index in [0.29, 0.717) is 24.0 Å². The zero-order valence-corrected chi connectivity index (χ0v) is 45.0. The maximum atomic E-state index is 14.9. The summed E-state index contributed by atoms with van der Waals surface area (Å²) in [7, 11) is 2.02. The summed E-state index contributed by atoms with van der Waals surface area (Å²) in [4.78, 5) is 120. The van der Waals surface area contributed by atoms with Crippen molar-refractivity contribution < 1.29 is 48.6 Å². The monoisotopic (exact) mass is 1100 g/mol. The molecule has 1 fully saturated rings. The molecule has 17 N–H and O–H groups in total. The molecule has 2 aromatic heterocycles. The summed E-state index contributed by atoms with van der Waals surface area (Å²) in [5, 5.41) is 41.1. The molecule has 8 amide bonds. The van der Waals surface area contributed by atoms with Crippen LogP contribution in [-0.4, -0.2) is 139 Å². The quantitative estimate of drug-likeness (QED) is 0.0447. The molecule has 0 aliphatic carbocycles. The first-order chi connectivity index (χ1) is 36.6. The number of para-hydroxylation sites is 2. The van der Waals surface area contributed by atoms with Crippen LogP contribution in [0.2, 0.25) is 0 Å². The van der Waals surface area contributed by atoms with Gasteiger partial charge in [-0.05, 0) is 86.5 Å². The van der Waals surface area contributed by atoms with Crippen LogP contribution < -0.4 is 54.4 Å². The molecule has 414 valence electrons. The number of nitrogens with one attached hydrogen (secondary N) is 9. The van der Waals surface area contributed by atoms with Gasteiger partial charge >= 0.3 is 0 Å². The van der Waals surface area contributed by atoms with E-state index in [-0.39, 0.29) is 49.5 Å². The SMILES string of the molecule is CC(C)[C@@H]1NC(=O)[C@H](CCCCN)NC(=O)[C@@H](Cc2c[nH]c3ccccc23)NC(=O)[C@H](Cc2ccc(O)cc2)NC(=O)[C@@H](NC(=O)[C@](C)(N)Cc2c[nH]c3ccccc23)CSSC[C@@H](C(=O)N[C@H](C(N)=O)[C@@H](C)O)NC1=O. The van der Waals surface area contributed by atoms with E-state index >= 15 is 0 Å². The van der Waals surface area contributed by atoms with Gasteiger partial charge in [0, 0.05) is 65.0 Å². The molecule has 0 bridgehead atoms. The highest BCUT2D eigenvalue weighted by atomic mass is 33.1. The van der Waals surface area contributed by atoms with Crippen molar-refractivity contribution in [3.05, 3.63) is 102 Å². The molecule has 3 aromatic carbocycles. The van der Waals surface area contributed by atoms with Crippen molar-refractivity contribution in [2.24, 2.45) is 23.1 Å². The number of aromatic amines is 2. The van der Waals surface area contributed by atoms with Crippen LogP contribution in [0.25, 0.3) is 21.8 Å². The lowest BCUT2D eigenvalue weighted by Gasteiger charge is -2.30. The number of nitrogens with two attached hydrogens (primary N) is 3. The van der Waals surface area contributed by atoms with Gasteiger partial charge in [0.2, 0.25) is 47.3 Å². The molecular formula is C53H70N12O10S2. The van der Waals surface area contributed by atoms with E-state index in [1.54, 1.807) is 38.4 Å². The van der Waals surface area contributed by atoms with Gasteiger partial charge in [-0.1, -0.05) is 84.0 Å². The second-order valence-corrected chi connectivity index (χ2v) is 22.4. The maximum absolute atomic E-state index is 14.9. The third kappa shape index (κ3) is 16.2. The third-order valence-corrected chi connectivity index (χ3v) is 15.6. The van der Waals surface area contributed by atoms with E-state index in [1.165, 1.54) is 26.0 Å². The Morgan fingerprint density at radius 3 is 1.88 bits per heavy atom. The molecule has 6 rings (SSSR count). The highest BCUT2D eigenvalue weighted by Gasteiger charge is 2.38. The van der Waals surface area contributed by atoms with Crippen molar-refractivity contribution in [1.82, 2.24) is 47.2 Å². The number of phenolic OH excluding ortho intramolecular Hbond substituents is 1. The van der Waals surface area contributed by atoms with Crippen molar-refractivity contribution in [2.75, 3.05) is 18.1 Å². The van der Waals surface area contributed by atoms with Crippen LogP contribution in [-0.2, 0) is 57.6 Å². The average molecular weight is 1100 g/mol. The largest absolute Gasteiger partial charge is 0.508 e. The summed E-state index contributed by atoms with van der Waals surface area (Å²) < 4.78 is 0. The molecular weight excluding hydrogens is 1030 g/mol. The fourth-order valence-corrected chi connectivity index (χ4v) is 11.1. The molecule has 3 heterocycles. The topological polar surface area (TPSA) is 371 Å². The number of rotatable bonds is 17. The summed E-state index contributed by atoms with van der Waals surface area (Å²) in [5.41, 5.74) is 20.0. The van der Waals surface area contributed by atoms with Crippen LogP contribution in [0.5, 0.6) is 5.75 Å². The predicted molar refractivity (Wildman–Crippen MR) is 295 cm³/mol. The van der Waals surface area contributed by atoms with Gasteiger partial charge in [-0.25, -0.2) is 0 Å². The molecule has 1 aliphatic rings. The number of aromatic hydroxyl groups is 1. The third-order valence-electron chi connectivity index (χ3n) is 13.2. The van der Waals surface area contributed by atoms with Crippen LogP contribution in [0.15, 0.2) is 85.2 Å². The molecule has 1 saturated heterocycles. The number of carbonyl (C=O) groups is 8. The molecule has 5 aromatic rings. The number of phenols is 1. The van der Waals surface area contributed by atoms with Crippen LogP contribution >= 0.6 is 21.6 Å². The molecule has 77 heavy (non-hydrogen) atoms. The zero-order valence-electron chi connectivity index (χ0n) is 43.4. The molecule has 0 spiro atoms. The Hall–Kier alpha value is -7.12. The van der Waals surface area contributed by atoms with Gasteiger partial charge in [0.05, 0.1) is 11.6 Å². The fraction of sp³-hybridized carbons (Fsp3) is 0.434. The van der Waals surface area contributed by atoms with Gasteiger partial charge in [-0.3, -0.25) is 38.4 Å². The number of hydrogen-bond acceptors (Lipinski definition) is 14. The first-order valence-corrected chi connectivity index (χ1v) is 27.9. The predicted octanol–water partition coefficient (Wildman–Crippen LogP) is 0.540. The number of fused-ring (bicyclic) bond motifs is 2. The number of carbonyl (C=O) groups excluding carboxylic acids is 8. The standard InChI is InChI=1S/C53H70N12O10S2/c1-28(2)43-51(74)62-41(50(73)65-44(29(3)66)45(55)68)26-76-77-27-42(63-52(75)53(4,56)23-32-25-58-37-14-8-6-12-35(32)37)49(72)60-39(21-30-16-18-33(67)19-17-30)47(70)61-40(22-31-24-57-36-13-7-5-11-34(31)36)48(71)59-38(46(69)64-43)15-9-10-20-54/h5-8,11-14,16-19,24-25,28-29,38-44,57-58,66-67H,9-10,15,20-23,26-27,54,56H2,1-4H3,(H2,55,68)(H,59,71)(H,60,72)(H,61,70)(H,62,74)(H,63,75)(H,64,69)(H,65,73)/t29-,38+,39+,40-,41+,42+,43+,44+,53-/m1/s1. The molecule has 0 unspecified atom stereocenters. The normalized spacial score (nSPS) is 22.1. The summed E-state index contributed by atoms with van der Waals surface area (Å²) in [5.74, 6) is -7.74. The average Bonchev–Trinajstić information content (AvgIpc) is 4.00. The minimum absolute atomic E-state index is 0.0474. The summed E-state index contributed by atoms with van der Waals surface area (Å²) in [6, 6.07) is 11.0. The van der Waals surface area contributed by atoms with Gasteiger partial charge in [0.15, 0.2) is 0 Å². The van der Waals surface area contributed by atoms with Crippen molar-refractivity contribution in [1.29, 1.82) is 0 Å². The summed E-state index contributed by atoms with van der Waals surface area (Å²) in [6.45, 7) is 6.36. The van der Waals surface area contributed by atoms with Crippen molar-refractivity contribution >= 4 is 90.7 Å². The van der Waals surface area contributed by atoms with E-state index in [2.05, 4.69) is 47.2 Å². The number of unbranched alkanes of at least 4 members (excludes halogenated alkanes) is 1. The molecule has 0 radical (unpaired) electrons. The number of hydrogen-bond donors (Lipinski definition) is 14. The molecule has 9 atom stereocenters. The van der Waals surface area contributed by atoms with E-state index in [9.17, 15) is 48.6 Å². The second-order valence-electron chi connectivity index (χ2n) is 19.9. The zero-order chi connectivity index (χ0) is 56.0. The Bertz CT molecular complexity index is 2890. The van der Waals surface area contributed by atoms with Crippen LogP contribution in [0, 0.1) is 5.92 Å². The van der Waals surface area contributed by atoms with Gasteiger partial charge in [-0.15, -0.1) is 0 Å². The number of aliphatic hydroxyl groups excluding tert-OH is 1. The van der Waals surface area contributed by atoms with Gasteiger partial charge in [0.25, 0.3) is 0 Å². The van der Waals surface area contributed by atoms with Crippen molar-refractivity contribution in [2.45, 2.75) is 120 Å². The Morgan fingerprint density at radius 2 is 1.27 bits per heavy atom. The van der Waals surface area contributed by atoms with Gasteiger partial charge < -0.3 is 74.6 Å². The van der Waals surface area contributed by atoms with Crippen molar-refractivity contribution in [3.63, 3.8) is 0 Å². The highest BCUT2D eigenvalue weighted by Crippen LogP contribution is 2.26. The number of primary amides is 1.